The van der Waals surface area contributed by atoms with E-state index in [9.17, 15) is 14.7 Å². The molecular weight excluding hydrogens is 502 g/mol. The van der Waals surface area contributed by atoms with Gasteiger partial charge in [-0.25, -0.2) is 19.7 Å². The van der Waals surface area contributed by atoms with Crippen LogP contribution in [0.1, 0.15) is 52.1 Å². The number of aromatic carboxylic acids is 1. The number of carbonyl (C=O) groups is 2. The molecule has 190 valence electrons. The van der Waals surface area contributed by atoms with Crippen molar-refractivity contribution in [2.24, 2.45) is 0 Å². The topological polar surface area (TPSA) is 121 Å². The van der Waals surface area contributed by atoms with Crippen molar-refractivity contribution >= 4 is 34.6 Å². The molecule has 2 heterocycles. The Bertz CT molecular complexity index is 1600. The van der Waals surface area contributed by atoms with Crippen molar-refractivity contribution in [2.75, 3.05) is 0 Å². The van der Waals surface area contributed by atoms with E-state index in [1.54, 1.807) is 36.5 Å². The average molecular weight is 526 g/mol. The standard InChI is InChI=1S/C29H24ClN5O3/c1-2-6-24(17-7-4-3-5-8-17)34-28(36)18-9-11-20(23(13-18)29(37)38)22-14-19(30)10-12-21(22)26-33-25-15-31-16-32-27(25)35-26/h3-5,7-16,24H,2,6H2,1H3,(H,34,36)(H,37,38)(H,31,32,33,35). The third-order valence-electron chi connectivity index (χ3n) is 6.29. The highest BCUT2D eigenvalue weighted by molar-refractivity contribution is 6.31. The van der Waals surface area contributed by atoms with Crippen LogP contribution in [0.4, 0.5) is 0 Å². The summed E-state index contributed by atoms with van der Waals surface area (Å²) in [5.41, 5.74) is 3.97. The number of H-pyrrole nitrogens is 1. The molecule has 5 aromatic rings. The summed E-state index contributed by atoms with van der Waals surface area (Å²) in [5.74, 6) is -1.01. The van der Waals surface area contributed by atoms with Gasteiger partial charge < -0.3 is 15.4 Å². The summed E-state index contributed by atoms with van der Waals surface area (Å²) in [6.45, 7) is 2.05. The van der Waals surface area contributed by atoms with E-state index in [2.05, 4.69) is 32.2 Å². The molecule has 0 saturated carbocycles. The molecular formula is C29H24ClN5O3. The molecule has 1 atom stereocenters. The Morgan fingerprint density at radius 3 is 2.55 bits per heavy atom. The second-order valence-electron chi connectivity index (χ2n) is 8.83. The van der Waals surface area contributed by atoms with E-state index < -0.39 is 5.97 Å². The maximum Gasteiger partial charge on any atom is 0.336 e. The normalized spacial score (nSPS) is 11.8. The van der Waals surface area contributed by atoms with E-state index in [1.165, 1.54) is 12.4 Å². The Kier molecular flexibility index (Phi) is 7.15. The number of nitrogens with one attached hydrogen (secondary N) is 2. The first-order valence-electron chi connectivity index (χ1n) is 12.1. The number of hydrogen-bond donors (Lipinski definition) is 3. The van der Waals surface area contributed by atoms with Crippen molar-refractivity contribution in [1.29, 1.82) is 0 Å². The van der Waals surface area contributed by atoms with Crippen LogP contribution in [0, 0.1) is 0 Å². The summed E-state index contributed by atoms with van der Waals surface area (Å²) in [4.78, 5) is 41.5. The molecule has 0 aliphatic rings. The fourth-order valence-corrected chi connectivity index (χ4v) is 4.64. The Hall–Kier alpha value is -4.56. The molecule has 5 rings (SSSR count). The van der Waals surface area contributed by atoms with Gasteiger partial charge in [-0.15, -0.1) is 0 Å². The zero-order valence-corrected chi connectivity index (χ0v) is 21.2. The van der Waals surface area contributed by atoms with Gasteiger partial charge in [-0.2, -0.15) is 0 Å². The van der Waals surface area contributed by atoms with Crippen LogP contribution in [-0.2, 0) is 0 Å². The molecule has 0 fully saturated rings. The third-order valence-corrected chi connectivity index (χ3v) is 6.52. The highest BCUT2D eigenvalue weighted by Gasteiger charge is 2.21. The molecule has 0 spiro atoms. The first-order valence-corrected chi connectivity index (χ1v) is 12.5. The highest BCUT2D eigenvalue weighted by Crippen LogP contribution is 2.36. The summed E-state index contributed by atoms with van der Waals surface area (Å²) in [6.07, 6.45) is 4.66. The van der Waals surface area contributed by atoms with E-state index >= 15 is 0 Å². The second-order valence-corrected chi connectivity index (χ2v) is 9.26. The van der Waals surface area contributed by atoms with Gasteiger partial charge in [0.1, 0.15) is 17.7 Å². The molecule has 1 amide bonds. The lowest BCUT2D eigenvalue weighted by atomic mass is 9.93. The SMILES string of the molecule is CCCC(NC(=O)c1ccc(-c2cc(Cl)ccc2-c2nc3ncncc3[nH]2)c(C(=O)O)c1)c1ccccc1. The molecule has 9 heteroatoms. The summed E-state index contributed by atoms with van der Waals surface area (Å²) in [5, 5.41) is 13.6. The summed E-state index contributed by atoms with van der Waals surface area (Å²) < 4.78 is 0. The predicted octanol–water partition coefficient (Wildman–Crippen LogP) is 6.31. The van der Waals surface area contributed by atoms with Crippen LogP contribution in [-0.4, -0.2) is 36.9 Å². The number of fused-ring (bicyclic) bond motifs is 1. The lowest BCUT2D eigenvalue weighted by molar-refractivity contribution is 0.0697. The van der Waals surface area contributed by atoms with E-state index in [0.29, 0.717) is 38.7 Å². The van der Waals surface area contributed by atoms with Gasteiger partial charge in [0.2, 0.25) is 0 Å². The van der Waals surface area contributed by atoms with Crippen LogP contribution >= 0.6 is 11.6 Å². The smallest absolute Gasteiger partial charge is 0.336 e. The number of aromatic nitrogens is 4. The van der Waals surface area contributed by atoms with E-state index in [1.807, 2.05) is 30.3 Å². The van der Waals surface area contributed by atoms with Gasteiger partial charge in [0.25, 0.3) is 5.91 Å². The molecule has 38 heavy (non-hydrogen) atoms. The Balaban J connectivity index is 1.54. The minimum Gasteiger partial charge on any atom is -0.478 e. The van der Waals surface area contributed by atoms with E-state index in [4.69, 9.17) is 11.6 Å². The van der Waals surface area contributed by atoms with Crippen LogP contribution in [0.25, 0.3) is 33.7 Å². The first kappa shape index (κ1) is 25.1. The minimum atomic E-state index is -1.16. The number of imidazole rings is 1. The fraction of sp³-hybridized carbons (Fsp3) is 0.138. The largest absolute Gasteiger partial charge is 0.478 e. The summed E-state index contributed by atoms with van der Waals surface area (Å²) in [6, 6.07) is 19.4. The quantitative estimate of drug-likeness (QED) is 0.218. The van der Waals surface area contributed by atoms with Crippen molar-refractivity contribution in [1.82, 2.24) is 25.3 Å². The molecule has 0 radical (unpaired) electrons. The number of hydrogen-bond acceptors (Lipinski definition) is 5. The Labute approximate surface area is 223 Å². The number of amides is 1. The number of halogens is 1. The number of aromatic amines is 1. The van der Waals surface area contributed by atoms with E-state index in [0.717, 1.165) is 18.4 Å². The van der Waals surface area contributed by atoms with Gasteiger partial charge in [-0.05, 0) is 53.4 Å². The highest BCUT2D eigenvalue weighted by atomic mass is 35.5. The number of carbonyl (C=O) groups excluding carboxylic acids is 1. The van der Waals surface area contributed by atoms with Crippen molar-refractivity contribution < 1.29 is 14.7 Å². The Morgan fingerprint density at radius 2 is 1.82 bits per heavy atom. The van der Waals surface area contributed by atoms with Crippen LogP contribution in [0.5, 0.6) is 0 Å². The molecule has 3 aromatic carbocycles. The lowest BCUT2D eigenvalue weighted by Crippen LogP contribution is -2.28. The van der Waals surface area contributed by atoms with Crippen LogP contribution < -0.4 is 5.32 Å². The van der Waals surface area contributed by atoms with Crippen LogP contribution in [0.15, 0.2) is 79.3 Å². The maximum absolute atomic E-state index is 13.2. The lowest BCUT2D eigenvalue weighted by Gasteiger charge is -2.19. The van der Waals surface area contributed by atoms with Gasteiger partial charge in [0, 0.05) is 16.1 Å². The fourth-order valence-electron chi connectivity index (χ4n) is 4.47. The molecule has 0 saturated heterocycles. The van der Waals surface area contributed by atoms with Gasteiger partial charge in [-0.1, -0.05) is 61.3 Å². The average Bonchev–Trinajstić information content (AvgIpc) is 3.37. The molecule has 0 aliphatic carbocycles. The molecule has 3 N–H and O–H groups in total. The summed E-state index contributed by atoms with van der Waals surface area (Å²) >= 11 is 6.33. The molecule has 0 bridgehead atoms. The zero-order chi connectivity index (χ0) is 26.6. The first-order chi connectivity index (χ1) is 18.4. The number of nitrogens with zero attached hydrogens (tertiary/aromatic N) is 3. The van der Waals surface area contributed by atoms with Crippen molar-refractivity contribution in [2.45, 2.75) is 25.8 Å². The van der Waals surface area contributed by atoms with Crippen LogP contribution in [0.2, 0.25) is 5.02 Å². The second kappa shape index (κ2) is 10.8. The van der Waals surface area contributed by atoms with Crippen molar-refractivity contribution in [3.63, 3.8) is 0 Å². The van der Waals surface area contributed by atoms with Crippen molar-refractivity contribution in [3.05, 3.63) is 101 Å². The zero-order valence-electron chi connectivity index (χ0n) is 20.5. The van der Waals surface area contributed by atoms with Gasteiger partial charge in [0.15, 0.2) is 5.65 Å². The van der Waals surface area contributed by atoms with Gasteiger partial charge in [-0.3, -0.25) is 4.79 Å². The predicted molar refractivity (Wildman–Crippen MR) is 146 cm³/mol. The third kappa shape index (κ3) is 5.12. The number of carboxylic acid groups (broad SMARTS) is 1. The molecule has 0 aliphatic heterocycles. The Morgan fingerprint density at radius 1 is 1.03 bits per heavy atom. The molecule has 8 nitrogen and oxygen atoms in total. The number of rotatable bonds is 8. The number of benzene rings is 3. The van der Waals surface area contributed by atoms with Gasteiger partial charge in [0.05, 0.1) is 17.8 Å². The summed E-state index contributed by atoms with van der Waals surface area (Å²) in [7, 11) is 0. The number of carboxylic acids is 1. The maximum atomic E-state index is 13.2. The van der Waals surface area contributed by atoms with Gasteiger partial charge >= 0.3 is 5.97 Å². The van der Waals surface area contributed by atoms with Crippen molar-refractivity contribution in [3.8, 4) is 22.5 Å². The molecule has 2 aromatic heterocycles. The molecule has 1 unspecified atom stereocenters. The monoisotopic (exact) mass is 525 g/mol. The van der Waals surface area contributed by atoms with E-state index in [-0.39, 0.29) is 23.1 Å². The van der Waals surface area contributed by atoms with Crippen LogP contribution in [0.3, 0.4) is 0 Å². The minimum absolute atomic E-state index is 0.0242.